The van der Waals surface area contributed by atoms with Crippen LogP contribution in [-0.2, 0) is 19.1 Å². The largest absolute Gasteiger partial charge is 0.481 e. The number of nitrogens with one attached hydrogen (secondary N) is 1. The average molecular weight is 257 g/mol. The first-order valence-corrected chi connectivity index (χ1v) is 6.23. The molecule has 2 aliphatic heterocycles. The molecule has 102 valence electrons. The summed E-state index contributed by atoms with van der Waals surface area (Å²) in [6.07, 6.45) is 1.67. The maximum absolute atomic E-state index is 12.0. The Morgan fingerprint density at radius 2 is 2.11 bits per heavy atom. The number of carbonyl (C=O) groups is 2. The molecular formula is C12H19NO5. The van der Waals surface area contributed by atoms with Gasteiger partial charge in [-0.15, -0.1) is 0 Å². The monoisotopic (exact) mass is 257 g/mol. The molecule has 0 aliphatic carbocycles. The molecule has 0 saturated carbocycles. The lowest BCUT2D eigenvalue weighted by Gasteiger charge is -2.28. The lowest BCUT2D eigenvalue weighted by atomic mass is 9.85. The SMILES string of the molecule is CC1(C(=O)O)COCC1NC(=O)C1CCCOC1. The Labute approximate surface area is 106 Å². The Balaban J connectivity index is 1.95. The topological polar surface area (TPSA) is 84.9 Å². The van der Waals surface area contributed by atoms with E-state index in [-0.39, 0.29) is 25.0 Å². The molecule has 0 bridgehead atoms. The van der Waals surface area contributed by atoms with Crippen molar-refractivity contribution in [2.24, 2.45) is 11.3 Å². The Hall–Kier alpha value is -1.14. The molecule has 2 heterocycles. The second-order valence-electron chi connectivity index (χ2n) is 5.21. The van der Waals surface area contributed by atoms with Crippen molar-refractivity contribution in [3.05, 3.63) is 0 Å². The van der Waals surface area contributed by atoms with Crippen molar-refractivity contribution in [2.45, 2.75) is 25.8 Å². The number of carboxylic acid groups (broad SMARTS) is 1. The summed E-state index contributed by atoms with van der Waals surface area (Å²) in [4.78, 5) is 23.3. The van der Waals surface area contributed by atoms with E-state index >= 15 is 0 Å². The predicted octanol–water partition coefficient (Wildman–Crippen LogP) is 0.0189. The molecule has 2 aliphatic rings. The fourth-order valence-corrected chi connectivity index (χ4v) is 2.32. The fraction of sp³-hybridized carbons (Fsp3) is 0.833. The highest BCUT2D eigenvalue weighted by Gasteiger charge is 2.47. The third-order valence-electron chi connectivity index (χ3n) is 3.79. The van der Waals surface area contributed by atoms with Crippen LogP contribution in [0.15, 0.2) is 0 Å². The smallest absolute Gasteiger partial charge is 0.313 e. The van der Waals surface area contributed by atoms with E-state index in [4.69, 9.17) is 9.47 Å². The summed E-state index contributed by atoms with van der Waals surface area (Å²) in [6.45, 7) is 3.10. The quantitative estimate of drug-likeness (QED) is 0.744. The van der Waals surface area contributed by atoms with Crippen molar-refractivity contribution in [2.75, 3.05) is 26.4 Å². The van der Waals surface area contributed by atoms with Crippen LogP contribution < -0.4 is 5.32 Å². The lowest BCUT2D eigenvalue weighted by Crippen LogP contribution is -2.51. The predicted molar refractivity (Wildman–Crippen MR) is 62.0 cm³/mol. The molecule has 3 atom stereocenters. The highest BCUT2D eigenvalue weighted by Crippen LogP contribution is 2.29. The number of hydrogen-bond donors (Lipinski definition) is 2. The van der Waals surface area contributed by atoms with Crippen molar-refractivity contribution in [1.82, 2.24) is 5.32 Å². The maximum atomic E-state index is 12.0. The second kappa shape index (κ2) is 5.24. The van der Waals surface area contributed by atoms with Gasteiger partial charge in [0, 0.05) is 6.61 Å². The molecule has 2 saturated heterocycles. The summed E-state index contributed by atoms with van der Waals surface area (Å²) >= 11 is 0. The number of aliphatic carboxylic acids is 1. The van der Waals surface area contributed by atoms with Crippen molar-refractivity contribution < 1.29 is 24.2 Å². The van der Waals surface area contributed by atoms with Crippen LogP contribution in [0.3, 0.4) is 0 Å². The van der Waals surface area contributed by atoms with Gasteiger partial charge in [0.05, 0.1) is 31.8 Å². The Bertz CT molecular complexity index is 339. The zero-order valence-electron chi connectivity index (χ0n) is 10.5. The van der Waals surface area contributed by atoms with Crippen molar-refractivity contribution in [1.29, 1.82) is 0 Å². The molecule has 0 spiro atoms. The van der Waals surface area contributed by atoms with Gasteiger partial charge in [-0.05, 0) is 19.8 Å². The maximum Gasteiger partial charge on any atom is 0.313 e. The fourth-order valence-electron chi connectivity index (χ4n) is 2.32. The van der Waals surface area contributed by atoms with Gasteiger partial charge in [-0.3, -0.25) is 9.59 Å². The Morgan fingerprint density at radius 3 is 2.72 bits per heavy atom. The number of hydrogen-bond acceptors (Lipinski definition) is 4. The molecule has 0 radical (unpaired) electrons. The zero-order chi connectivity index (χ0) is 13.2. The second-order valence-corrected chi connectivity index (χ2v) is 5.21. The Morgan fingerprint density at radius 1 is 1.33 bits per heavy atom. The van der Waals surface area contributed by atoms with Gasteiger partial charge in [0.2, 0.25) is 5.91 Å². The van der Waals surface area contributed by atoms with Gasteiger partial charge >= 0.3 is 5.97 Å². The summed E-state index contributed by atoms with van der Waals surface area (Å²) < 4.78 is 10.5. The van der Waals surface area contributed by atoms with Gasteiger partial charge in [0.1, 0.15) is 5.41 Å². The average Bonchev–Trinajstić information content (AvgIpc) is 2.73. The molecule has 2 N–H and O–H groups in total. The van der Waals surface area contributed by atoms with Crippen LogP contribution >= 0.6 is 0 Å². The number of amides is 1. The minimum absolute atomic E-state index is 0.127. The molecule has 0 aromatic heterocycles. The third-order valence-corrected chi connectivity index (χ3v) is 3.79. The Kier molecular flexibility index (Phi) is 3.87. The summed E-state index contributed by atoms with van der Waals surface area (Å²) in [5.41, 5.74) is -1.04. The highest BCUT2D eigenvalue weighted by atomic mass is 16.5. The van der Waals surface area contributed by atoms with Crippen LogP contribution in [0.5, 0.6) is 0 Å². The van der Waals surface area contributed by atoms with E-state index in [1.165, 1.54) is 0 Å². The first-order chi connectivity index (χ1) is 8.54. The molecule has 18 heavy (non-hydrogen) atoms. The highest BCUT2D eigenvalue weighted by molar-refractivity contribution is 5.82. The van der Waals surface area contributed by atoms with Crippen LogP contribution in [-0.4, -0.2) is 49.5 Å². The molecule has 0 aromatic rings. The van der Waals surface area contributed by atoms with Gasteiger partial charge in [0.15, 0.2) is 0 Å². The minimum Gasteiger partial charge on any atom is -0.481 e. The number of carboxylic acids is 1. The first-order valence-electron chi connectivity index (χ1n) is 6.23. The van der Waals surface area contributed by atoms with E-state index in [0.29, 0.717) is 13.2 Å². The molecular weight excluding hydrogens is 238 g/mol. The van der Waals surface area contributed by atoms with E-state index in [1.807, 2.05) is 0 Å². The summed E-state index contributed by atoms with van der Waals surface area (Å²) in [7, 11) is 0. The van der Waals surface area contributed by atoms with Crippen LogP contribution in [0.1, 0.15) is 19.8 Å². The zero-order valence-corrected chi connectivity index (χ0v) is 10.5. The summed E-state index contributed by atoms with van der Waals surface area (Å²) in [5, 5.41) is 12.0. The molecule has 2 rings (SSSR count). The van der Waals surface area contributed by atoms with Crippen LogP contribution in [0, 0.1) is 11.3 Å². The van der Waals surface area contributed by atoms with Crippen LogP contribution in [0.4, 0.5) is 0 Å². The van der Waals surface area contributed by atoms with Gasteiger partial charge in [-0.25, -0.2) is 0 Å². The minimum atomic E-state index is -1.04. The standard InChI is InChI=1S/C12H19NO5/c1-12(11(15)16)7-18-6-9(12)13-10(14)8-3-2-4-17-5-8/h8-9H,2-7H2,1H3,(H,13,14)(H,15,16). The van der Waals surface area contributed by atoms with E-state index in [2.05, 4.69) is 5.32 Å². The van der Waals surface area contributed by atoms with Gasteiger partial charge < -0.3 is 19.9 Å². The third kappa shape index (κ3) is 2.49. The number of rotatable bonds is 3. The van der Waals surface area contributed by atoms with E-state index in [0.717, 1.165) is 12.8 Å². The van der Waals surface area contributed by atoms with Crippen molar-refractivity contribution in [3.63, 3.8) is 0 Å². The first kappa shape index (κ1) is 13.3. The molecule has 1 amide bonds. The number of carbonyl (C=O) groups excluding carboxylic acids is 1. The van der Waals surface area contributed by atoms with Crippen LogP contribution in [0.2, 0.25) is 0 Å². The van der Waals surface area contributed by atoms with Crippen LogP contribution in [0.25, 0.3) is 0 Å². The van der Waals surface area contributed by atoms with E-state index in [9.17, 15) is 14.7 Å². The molecule has 3 unspecified atom stereocenters. The normalized spacial score (nSPS) is 36.3. The van der Waals surface area contributed by atoms with Gasteiger partial charge in [-0.2, -0.15) is 0 Å². The van der Waals surface area contributed by atoms with Gasteiger partial charge in [-0.1, -0.05) is 0 Å². The molecule has 6 nitrogen and oxygen atoms in total. The molecule has 0 aromatic carbocycles. The van der Waals surface area contributed by atoms with Crippen molar-refractivity contribution >= 4 is 11.9 Å². The molecule has 2 fully saturated rings. The van der Waals surface area contributed by atoms with E-state index < -0.39 is 17.4 Å². The lowest BCUT2D eigenvalue weighted by molar-refractivity contribution is -0.149. The van der Waals surface area contributed by atoms with Gasteiger partial charge in [0.25, 0.3) is 0 Å². The summed E-state index contributed by atoms with van der Waals surface area (Å²) in [5.74, 6) is -1.24. The number of ether oxygens (including phenoxy) is 2. The van der Waals surface area contributed by atoms with Crippen molar-refractivity contribution in [3.8, 4) is 0 Å². The molecule has 6 heteroatoms. The summed E-state index contributed by atoms with van der Waals surface area (Å²) in [6, 6.07) is -0.468. The van der Waals surface area contributed by atoms with E-state index in [1.54, 1.807) is 6.92 Å².